The number of allylic oxidation sites excluding steroid dienone is 2. The Hall–Kier alpha value is -3.38. The number of nitrogens with one attached hydrogen (secondary N) is 1. The fourth-order valence-corrected chi connectivity index (χ4v) is 4.55. The lowest BCUT2D eigenvalue weighted by molar-refractivity contribution is 0.0953. The Balaban J connectivity index is 1.51. The van der Waals surface area contributed by atoms with Crippen molar-refractivity contribution in [1.29, 1.82) is 0 Å². The lowest BCUT2D eigenvalue weighted by Crippen LogP contribution is -2.24. The van der Waals surface area contributed by atoms with E-state index in [1.165, 1.54) is 18.4 Å². The molecule has 0 bridgehead atoms. The van der Waals surface area contributed by atoms with Crippen molar-refractivity contribution in [1.82, 2.24) is 19.9 Å². The zero-order valence-corrected chi connectivity index (χ0v) is 19.1. The van der Waals surface area contributed by atoms with Gasteiger partial charge in [-0.3, -0.25) is 4.79 Å². The Morgan fingerprint density at radius 1 is 1.06 bits per heavy atom. The first-order valence-corrected chi connectivity index (χ1v) is 11.7. The van der Waals surface area contributed by atoms with Gasteiger partial charge >= 0.3 is 0 Å². The van der Waals surface area contributed by atoms with Crippen LogP contribution < -0.4 is 11.1 Å². The number of benzene rings is 2. The molecule has 0 aliphatic heterocycles. The van der Waals surface area contributed by atoms with Gasteiger partial charge in [0, 0.05) is 18.1 Å². The summed E-state index contributed by atoms with van der Waals surface area (Å²) in [6.07, 6.45) is 7.99. The van der Waals surface area contributed by atoms with Gasteiger partial charge in [-0.15, -0.1) is 0 Å². The number of nitrogen functional groups attached to an aromatic ring is 1. The summed E-state index contributed by atoms with van der Waals surface area (Å²) in [5, 5.41) is 3.64. The largest absolute Gasteiger partial charge is 0.384 e. The SMILES string of the molecule is Nc1c(C(=O)NCc2ccc(Cl)cc2)c2nc3ccccc3nc2n1CCC1=CCCCC1. The normalized spacial score (nSPS) is 13.9. The molecule has 0 saturated heterocycles. The highest BCUT2D eigenvalue weighted by Crippen LogP contribution is 2.30. The summed E-state index contributed by atoms with van der Waals surface area (Å²) in [6.45, 7) is 1.04. The molecule has 1 aliphatic carbocycles. The molecule has 2 aromatic carbocycles. The number of nitrogens with two attached hydrogens (primary N) is 1. The standard InChI is InChI=1S/C26H26ClN5O/c27-19-12-10-18(11-13-19)16-29-26(33)22-23-25(31-21-9-5-4-8-20(21)30-23)32(24(22)28)15-14-17-6-2-1-3-7-17/h4-6,8-13H,1-3,7,14-16,28H2,(H,29,33). The van der Waals surface area contributed by atoms with Crippen molar-refractivity contribution in [3.63, 3.8) is 0 Å². The van der Waals surface area contributed by atoms with Gasteiger partial charge in [0.1, 0.15) is 16.9 Å². The molecular formula is C26H26ClN5O. The third kappa shape index (κ3) is 4.44. The van der Waals surface area contributed by atoms with Gasteiger partial charge in [-0.2, -0.15) is 0 Å². The van der Waals surface area contributed by atoms with Crippen molar-refractivity contribution >= 4 is 45.5 Å². The van der Waals surface area contributed by atoms with Crippen molar-refractivity contribution in [2.24, 2.45) is 0 Å². The topological polar surface area (TPSA) is 85.8 Å². The van der Waals surface area contributed by atoms with Crippen LogP contribution in [0.15, 0.2) is 60.2 Å². The molecule has 2 aromatic heterocycles. The summed E-state index contributed by atoms with van der Waals surface area (Å²) in [7, 11) is 0. The number of carbonyl (C=O) groups is 1. The van der Waals surface area contributed by atoms with Crippen LogP contribution >= 0.6 is 11.6 Å². The van der Waals surface area contributed by atoms with E-state index >= 15 is 0 Å². The molecule has 0 spiro atoms. The molecular weight excluding hydrogens is 434 g/mol. The minimum atomic E-state index is -0.257. The fourth-order valence-electron chi connectivity index (χ4n) is 4.43. The third-order valence-electron chi connectivity index (χ3n) is 6.23. The van der Waals surface area contributed by atoms with E-state index in [1.54, 1.807) is 12.1 Å². The molecule has 0 fully saturated rings. The lowest BCUT2D eigenvalue weighted by atomic mass is 9.97. The van der Waals surface area contributed by atoms with Crippen molar-refractivity contribution in [2.75, 3.05) is 5.73 Å². The van der Waals surface area contributed by atoms with Gasteiger partial charge in [-0.1, -0.05) is 47.5 Å². The summed E-state index contributed by atoms with van der Waals surface area (Å²) in [4.78, 5) is 22.9. The number of hydrogen-bond donors (Lipinski definition) is 2. The van der Waals surface area contributed by atoms with Gasteiger partial charge < -0.3 is 15.6 Å². The number of amides is 1. The lowest BCUT2D eigenvalue weighted by Gasteiger charge is -2.14. The number of halogens is 1. The molecule has 0 saturated carbocycles. The summed E-state index contributed by atoms with van der Waals surface area (Å²) in [5.41, 5.74) is 12.1. The van der Waals surface area contributed by atoms with E-state index in [9.17, 15) is 4.79 Å². The summed E-state index contributed by atoms with van der Waals surface area (Å²) in [6, 6.07) is 15.1. The van der Waals surface area contributed by atoms with Crippen LogP contribution in [0.25, 0.3) is 22.2 Å². The number of aromatic nitrogens is 3. The van der Waals surface area contributed by atoms with Crippen LogP contribution in [-0.2, 0) is 13.1 Å². The minimum absolute atomic E-state index is 0.257. The second-order valence-electron chi connectivity index (χ2n) is 8.46. The Morgan fingerprint density at radius 3 is 2.55 bits per heavy atom. The monoisotopic (exact) mass is 459 g/mol. The molecule has 168 valence electrons. The van der Waals surface area contributed by atoms with Crippen molar-refractivity contribution < 1.29 is 4.79 Å². The molecule has 33 heavy (non-hydrogen) atoms. The average molecular weight is 460 g/mol. The van der Waals surface area contributed by atoms with Crippen LogP contribution in [0.3, 0.4) is 0 Å². The Bertz CT molecular complexity index is 1360. The summed E-state index contributed by atoms with van der Waals surface area (Å²) < 4.78 is 1.95. The van der Waals surface area contributed by atoms with Gasteiger partial charge in [0.15, 0.2) is 5.65 Å². The molecule has 1 aliphatic rings. The van der Waals surface area contributed by atoms with Crippen LogP contribution in [0.1, 0.15) is 48.0 Å². The summed E-state index contributed by atoms with van der Waals surface area (Å²) >= 11 is 5.97. The molecule has 0 radical (unpaired) electrons. The number of anilines is 1. The molecule has 0 atom stereocenters. The van der Waals surface area contributed by atoms with Gasteiger partial charge in [-0.25, -0.2) is 9.97 Å². The molecule has 0 unspecified atom stereocenters. The highest BCUT2D eigenvalue weighted by Gasteiger charge is 2.24. The number of para-hydroxylation sites is 2. The van der Waals surface area contributed by atoms with Crippen LogP contribution in [0, 0.1) is 0 Å². The fraction of sp³-hybridized carbons (Fsp3) is 0.269. The number of rotatable bonds is 6. The zero-order chi connectivity index (χ0) is 22.8. The maximum atomic E-state index is 13.3. The van der Waals surface area contributed by atoms with E-state index in [1.807, 2.05) is 41.0 Å². The van der Waals surface area contributed by atoms with Crippen molar-refractivity contribution in [3.8, 4) is 0 Å². The second kappa shape index (κ2) is 9.24. The Labute approximate surface area is 197 Å². The molecule has 7 heteroatoms. The van der Waals surface area contributed by atoms with Gasteiger partial charge in [0.2, 0.25) is 0 Å². The average Bonchev–Trinajstić information content (AvgIpc) is 3.11. The van der Waals surface area contributed by atoms with Gasteiger partial charge in [-0.05, 0) is 61.9 Å². The van der Waals surface area contributed by atoms with Gasteiger partial charge in [0.25, 0.3) is 5.91 Å². The Kier molecular flexibility index (Phi) is 6.01. The van der Waals surface area contributed by atoms with Crippen molar-refractivity contribution in [2.45, 2.75) is 45.2 Å². The molecule has 4 aromatic rings. The molecule has 6 nitrogen and oxygen atoms in total. The number of aryl methyl sites for hydroxylation is 1. The van der Waals surface area contributed by atoms with Crippen LogP contribution in [0.2, 0.25) is 5.02 Å². The van der Waals surface area contributed by atoms with Crippen LogP contribution in [0.4, 0.5) is 5.82 Å². The molecule has 1 amide bonds. The van der Waals surface area contributed by atoms with E-state index < -0.39 is 0 Å². The number of hydrogen-bond acceptors (Lipinski definition) is 4. The molecule has 2 heterocycles. The maximum absolute atomic E-state index is 13.3. The predicted octanol–water partition coefficient (Wildman–Crippen LogP) is 5.64. The molecule has 3 N–H and O–H groups in total. The quantitative estimate of drug-likeness (QED) is 0.365. The van der Waals surface area contributed by atoms with E-state index in [0.29, 0.717) is 40.7 Å². The summed E-state index contributed by atoms with van der Waals surface area (Å²) in [5.74, 6) is 0.151. The van der Waals surface area contributed by atoms with Gasteiger partial charge in [0.05, 0.1) is 11.0 Å². The van der Waals surface area contributed by atoms with E-state index in [4.69, 9.17) is 27.3 Å². The number of carbonyl (C=O) groups excluding carboxylic acids is 1. The molecule has 5 rings (SSSR count). The van der Waals surface area contributed by atoms with E-state index in [2.05, 4.69) is 11.4 Å². The predicted molar refractivity (Wildman–Crippen MR) is 133 cm³/mol. The minimum Gasteiger partial charge on any atom is -0.384 e. The smallest absolute Gasteiger partial charge is 0.257 e. The van der Waals surface area contributed by atoms with E-state index in [-0.39, 0.29) is 5.91 Å². The zero-order valence-electron chi connectivity index (χ0n) is 18.4. The Morgan fingerprint density at radius 2 is 1.82 bits per heavy atom. The van der Waals surface area contributed by atoms with E-state index in [0.717, 1.165) is 35.9 Å². The van der Waals surface area contributed by atoms with Crippen LogP contribution in [0.5, 0.6) is 0 Å². The first-order valence-electron chi connectivity index (χ1n) is 11.3. The first-order chi connectivity index (χ1) is 16.1. The number of nitrogens with zero attached hydrogens (tertiary/aromatic N) is 3. The third-order valence-corrected chi connectivity index (χ3v) is 6.48. The highest BCUT2D eigenvalue weighted by molar-refractivity contribution is 6.30. The number of fused-ring (bicyclic) bond motifs is 2. The maximum Gasteiger partial charge on any atom is 0.257 e. The second-order valence-corrected chi connectivity index (χ2v) is 8.90. The highest BCUT2D eigenvalue weighted by atomic mass is 35.5. The first kappa shape index (κ1) is 21.5. The van der Waals surface area contributed by atoms with Crippen LogP contribution in [-0.4, -0.2) is 20.4 Å². The van der Waals surface area contributed by atoms with Crippen molar-refractivity contribution in [3.05, 3.63) is 76.3 Å².